The molecule has 2 aliphatic rings. The second kappa shape index (κ2) is 7.20. The first-order chi connectivity index (χ1) is 9.49. The smallest absolute Gasteiger partial charge is 0.211 e. The molecule has 6 heteroatoms. The highest BCUT2D eigenvalue weighted by atomic mass is 32.2. The molecular weight excluding hydrogens is 274 g/mol. The van der Waals surface area contributed by atoms with Crippen LogP contribution in [0, 0.1) is 11.8 Å². The lowest BCUT2D eigenvalue weighted by Gasteiger charge is -2.31. The van der Waals surface area contributed by atoms with E-state index >= 15 is 0 Å². The molecular formula is C14H29N3O2S. The number of nitrogens with zero attached hydrogens (tertiary/aromatic N) is 2. The Hall–Kier alpha value is -0.170. The van der Waals surface area contributed by atoms with Crippen LogP contribution in [0.4, 0.5) is 0 Å². The standard InChI is InChI=1S/C14H29N3O2S/c1-3-16-8-6-14(11-16)10-15-9-13-5-4-7-17(12-13)20(2,18)19/h13-15H,3-12H2,1-2H3. The largest absolute Gasteiger partial charge is 0.316 e. The number of hydrogen-bond donors (Lipinski definition) is 1. The fraction of sp³-hybridized carbons (Fsp3) is 1.00. The summed E-state index contributed by atoms with van der Waals surface area (Å²) in [5.74, 6) is 1.24. The van der Waals surface area contributed by atoms with E-state index in [0.717, 1.165) is 38.4 Å². The first-order valence-electron chi connectivity index (χ1n) is 7.87. The van der Waals surface area contributed by atoms with Gasteiger partial charge in [-0.05, 0) is 57.3 Å². The van der Waals surface area contributed by atoms with Crippen LogP contribution in [0.1, 0.15) is 26.2 Å². The molecule has 2 unspecified atom stereocenters. The zero-order valence-corrected chi connectivity index (χ0v) is 13.7. The van der Waals surface area contributed by atoms with E-state index in [4.69, 9.17) is 0 Å². The van der Waals surface area contributed by atoms with Gasteiger partial charge in [-0.1, -0.05) is 6.92 Å². The molecule has 0 aliphatic carbocycles. The molecule has 118 valence electrons. The van der Waals surface area contributed by atoms with Crippen LogP contribution in [0.3, 0.4) is 0 Å². The Balaban J connectivity index is 1.67. The number of rotatable bonds is 6. The molecule has 0 bridgehead atoms. The van der Waals surface area contributed by atoms with Crippen molar-refractivity contribution >= 4 is 10.0 Å². The van der Waals surface area contributed by atoms with Gasteiger partial charge in [0.25, 0.3) is 0 Å². The molecule has 2 rings (SSSR count). The minimum absolute atomic E-state index is 0.474. The summed E-state index contributed by atoms with van der Waals surface area (Å²) < 4.78 is 24.8. The Kier molecular flexibility index (Phi) is 5.84. The van der Waals surface area contributed by atoms with Crippen LogP contribution < -0.4 is 5.32 Å². The van der Waals surface area contributed by atoms with Crippen LogP contribution in [0.25, 0.3) is 0 Å². The summed E-state index contributed by atoms with van der Waals surface area (Å²) in [6.07, 6.45) is 4.75. The van der Waals surface area contributed by atoms with Crippen LogP contribution in [-0.4, -0.2) is 69.7 Å². The molecule has 0 spiro atoms. The van der Waals surface area contributed by atoms with Gasteiger partial charge in [-0.2, -0.15) is 0 Å². The number of likely N-dealkylation sites (tertiary alicyclic amines) is 1. The van der Waals surface area contributed by atoms with Crippen molar-refractivity contribution in [2.75, 3.05) is 52.1 Å². The second-order valence-corrected chi connectivity index (χ2v) is 8.32. The number of nitrogens with one attached hydrogen (secondary N) is 1. The molecule has 0 saturated carbocycles. The van der Waals surface area contributed by atoms with Crippen LogP contribution >= 0.6 is 0 Å². The maximum absolute atomic E-state index is 11.6. The molecule has 20 heavy (non-hydrogen) atoms. The topological polar surface area (TPSA) is 52.6 Å². The fourth-order valence-corrected chi connectivity index (χ4v) is 4.30. The van der Waals surface area contributed by atoms with Gasteiger partial charge >= 0.3 is 0 Å². The first-order valence-corrected chi connectivity index (χ1v) is 9.72. The quantitative estimate of drug-likeness (QED) is 0.780. The third-order valence-electron chi connectivity index (χ3n) is 4.63. The monoisotopic (exact) mass is 303 g/mol. The molecule has 2 aliphatic heterocycles. The molecule has 0 aromatic carbocycles. The zero-order chi connectivity index (χ0) is 14.6. The average Bonchev–Trinajstić information content (AvgIpc) is 2.86. The SMILES string of the molecule is CCN1CCC(CNCC2CCCN(S(C)(=O)=O)C2)C1. The minimum atomic E-state index is -3.01. The Labute approximate surface area is 123 Å². The predicted molar refractivity (Wildman–Crippen MR) is 82.2 cm³/mol. The Morgan fingerprint density at radius 2 is 1.80 bits per heavy atom. The minimum Gasteiger partial charge on any atom is -0.316 e. The maximum Gasteiger partial charge on any atom is 0.211 e. The van der Waals surface area contributed by atoms with Gasteiger partial charge in [-0.15, -0.1) is 0 Å². The molecule has 1 N–H and O–H groups in total. The zero-order valence-electron chi connectivity index (χ0n) is 12.8. The molecule has 0 radical (unpaired) electrons. The maximum atomic E-state index is 11.6. The van der Waals surface area contributed by atoms with Crippen LogP contribution in [0.2, 0.25) is 0 Å². The molecule has 2 heterocycles. The summed E-state index contributed by atoms with van der Waals surface area (Å²) in [6.45, 7) is 9.24. The number of sulfonamides is 1. The van der Waals surface area contributed by atoms with Crippen molar-refractivity contribution in [2.45, 2.75) is 26.2 Å². The van der Waals surface area contributed by atoms with Crippen molar-refractivity contribution in [2.24, 2.45) is 11.8 Å². The summed E-state index contributed by atoms with van der Waals surface area (Å²) in [5.41, 5.74) is 0. The number of hydrogen-bond acceptors (Lipinski definition) is 4. The lowest BCUT2D eigenvalue weighted by molar-refractivity contribution is 0.257. The van der Waals surface area contributed by atoms with E-state index < -0.39 is 10.0 Å². The van der Waals surface area contributed by atoms with E-state index in [1.54, 1.807) is 4.31 Å². The molecule has 2 atom stereocenters. The molecule has 0 aromatic heterocycles. The lowest BCUT2D eigenvalue weighted by Crippen LogP contribution is -2.43. The van der Waals surface area contributed by atoms with Gasteiger partial charge in [0.15, 0.2) is 0 Å². The summed E-state index contributed by atoms with van der Waals surface area (Å²) >= 11 is 0. The molecule has 2 fully saturated rings. The van der Waals surface area contributed by atoms with E-state index in [9.17, 15) is 8.42 Å². The molecule has 0 amide bonds. The van der Waals surface area contributed by atoms with Crippen molar-refractivity contribution in [1.82, 2.24) is 14.5 Å². The van der Waals surface area contributed by atoms with Crippen molar-refractivity contribution in [3.63, 3.8) is 0 Å². The Bertz CT molecular complexity index is 399. The predicted octanol–water partition coefficient (Wildman–Crippen LogP) is 0.589. The van der Waals surface area contributed by atoms with Crippen molar-refractivity contribution in [1.29, 1.82) is 0 Å². The van der Waals surface area contributed by atoms with Gasteiger partial charge in [0, 0.05) is 19.6 Å². The summed E-state index contributed by atoms with van der Waals surface area (Å²) in [5, 5.41) is 3.57. The van der Waals surface area contributed by atoms with E-state index in [-0.39, 0.29) is 0 Å². The molecule has 2 saturated heterocycles. The first kappa shape index (κ1) is 16.2. The van der Waals surface area contributed by atoms with Gasteiger partial charge in [-0.3, -0.25) is 0 Å². The summed E-state index contributed by atoms with van der Waals surface area (Å²) in [7, 11) is -3.01. The molecule has 5 nitrogen and oxygen atoms in total. The van der Waals surface area contributed by atoms with Crippen LogP contribution in [0.15, 0.2) is 0 Å². The van der Waals surface area contributed by atoms with Gasteiger partial charge in [0.05, 0.1) is 6.26 Å². The van der Waals surface area contributed by atoms with Gasteiger partial charge in [-0.25, -0.2) is 12.7 Å². The third kappa shape index (κ3) is 4.69. The van der Waals surface area contributed by atoms with E-state index in [1.807, 2.05) is 0 Å². The lowest BCUT2D eigenvalue weighted by atomic mass is 9.99. The van der Waals surface area contributed by atoms with Gasteiger partial charge in [0.2, 0.25) is 10.0 Å². The highest BCUT2D eigenvalue weighted by Crippen LogP contribution is 2.19. The Morgan fingerprint density at radius 3 is 2.40 bits per heavy atom. The summed E-state index contributed by atoms with van der Waals surface area (Å²) in [4.78, 5) is 2.50. The van der Waals surface area contributed by atoms with Crippen molar-refractivity contribution in [3.8, 4) is 0 Å². The van der Waals surface area contributed by atoms with Gasteiger partial charge < -0.3 is 10.2 Å². The van der Waals surface area contributed by atoms with E-state index in [2.05, 4.69) is 17.1 Å². The van der Waals surface area contributed by atoms with E-state index in [1.165, 1.54) is 25.8 Å². The Morgan fingerprint density at radius 1 is 1.10 bits per heavy atom. The van der Waals surface area contributed by atoms with Crippen molar-refractivity contribution in [3.05, 3.63) is 0 Å². The fourth-order valence-electron chi connectivity index (χ4n) is 3.35. The van der Waals surface area contributed by atoms with Crippen LogP contribution in [-0.2, 0) is 10.0 Å². The van der Waals surface area contributed by atoms with Gasteiger partial charge in [0.1, 0.15) is 0 Å². The average molecular weight is 303 g/mol. The highest BCUT2D eigenvalue weighted by molar-refractivity contribution is 7.88. The van der Waals surface area contributed by atoms with Crippen LogP contribution in [0.5, 0.6) is 0 Å². The highest BCUT2D eigenvalue weighted by Gasteiger charge is 2.26. The second-order valence-electron chi connectivity index (χ2n) is 6.34. The third-order valence-corrected chi connectivity index (χ3v) is 5.90. The van der Waals surface area contributed by atoms with Crippen molar-refractivity contribution < 1.29 is 8.42 Å². The normalized spacial score (nSPS) is 29.9. The number of piperidine rings is 1. The van der Waals surface area contributed by atoms with E-state index in [0.29, 0.717) is 19.0 Å². The molecule has 0 aromatic rings. The summed E-state index contributed by atoms with van der Waals surface area (Å²) in [6, 6.07) is 0.